The van der Waals surface area contributed by atoms with Gasteiger partial charge in [-0.1, -0.05) is 0 Å². The predicted octanol–water partition coefficient (Wildman–Crippen LogP) is -0.0185. The van der Waals surface area contributed by atoms with E-state index in [2.05, 4.69) is 0 Å². The summed E-state index contributed by atoms with van der Waals surface area (Å²) in [5.41, 5.74) is 0. The molecule has 1 aliphatic heterocycles. The summed E-state index contributed by atoms with van der Waals surface area (Å²) in [5, 5.41) is 0. The topological polar surface area (TPSA) is 54.0 Å². The molecule has 0 amide bonds. The second-order valence-electron chi connectivity index (χ2n) is 3.03. The van der Waals surface area contributed by atoms with Gasteiger partial charge >= 0.3 is 5.97 Å². The first kappa shape index (κ1) is 11.4. The summed E-state index contributed by atoms with van der Waals surface area (Å²) in [6, 6.07) is 0. The highest BCUT2D eigenvalue weighted by Crippen LogP contribution is 1.94. The molecule has 5 heteroatoms. The molecule has 0 bridgehead atoms. The fourth-order valence-electron chi connectivity index (χ4n) is 0.984. The van der Waals surface area contributed by atoms with Gasteiger partial charge in [-0.3, -0.25) is 0 Å². The van der Waals surface area contributed by atoms with E-state index in [0.29, 0.717) is 26.4 Å². The Bertz CT molecular complexity index is 171. The maximum atomic E-state index is 11.0. The van der Waals surface area contributed by atoms with Crippen LogP contribution in [-0.2, 0) is 23.7 Å². The monoisotopic (exact) mass is 204 g/mol. The minimum absolute atomic E-state index is 0.0233. The number of rotatable bonds is 0. The second-order valence-corrected chi connectivity index (χ2v) is 3.03. The molecule has 0 aromatic rings. The number of carbonyl (C=O) groups is 1. The summed E-state index contributed by atoms with van der Waals surface area (Å²) >= 11 is 0. The lowest BCUT2D eigenvalue weighted by Gasteiger charge is -2.14. The van der Waals surface area contributed by atoms with Crippen LogP contribution in [0.15, 0.2) is 0 Å². The number of hydrogen-bond acceptors (Lipinski definition) is 5. The molecule has 0 aliphatic carbocycles. The van der Waals surface area contributed by atoms with Crippen LogP contribution in [0.1, 0.15) is 6.92 Å². The molecular formula is C9H16O5. The van der Waals surface area contributed by atoms with Crippen LogP contribution in [0.25, 0.3) is 0 Å². The van der Waals surface area contributed by atoms with Crippen molar-refractivity contribution < 1.29 is 23.7 Å². The molecule has 1 atom stereocenters. The minimum Gasteiger partial charge on any atom is -0.462 e. The van der Waals surface area contributed by atoms with Gasteiger partial charge in [-0.05, 0) is 6.92 Å². The Morgan fingerprint density at radius 3 is 2.71 bits per heavy atom. The van der Waals surface area contributed by atoms with E-state index in [4.69, 9.17) is 18.9 Å². The summed E-state index contributed by atoms with van der Waals surface area (Å²) in [5.74, 6) is -0.360. The summed E-state index contributed by atoms with van der Waals surface area (Å²) in [4.78, 5) is 11.0. The number of cyclic esters (lactones) is 1. The van der Waals surface area contributed by atoms with Gasteiger partial charge in [0, 0.05) is 0 Å². The highest BCUT2D eigenvalue weighted by atomic mass is 16.6. The molecule has 0 unspecified atom stereocenters. The van der Waals surface area contributed by atoms with Crippen LogP contribution in [0.2, 0.25) is 0 Å². The quantitative estimate of drug-likeness (QED) is 0.519. The van der Waals surface area contributed by atoms with Crippen LogP contribution < -0.4 is 0 Å². The second kappa shape index (κ2) is 6.75. The van der Waals surface area contributed by atoms with Gasteiger partial charge in [0.2, 0.25) is 0 Å². The van der Waals surface area contributed by atoms with Crippen molar-refractivity contribution in [1.29, 1.82) is 0 Å². The van der Waals surface area contributed by atoms with Gasteiger partial charge in [-0.2, -0.15) is 0 Å². The molecule has 0 radical (unpaired) electrons. The zero-order valence-corrected chi connectivity index (χ0v) is 8.36. The molecule has 1 heterocycles. The van der Waals surface area contributed by atoms with Crippen LogP contribution in [0.5, 0.6) is 0 Å². The zero-order valence-electron chi connectivity index (χ0n) is 8.36. The van der Waals surface area contributed by atoms with Crippen LogP contribution in [0.4, 0.5) is 0 Å². The normalized spacial score (nSPS) is 27.2. The Hall–Kier alpha value is -0.650. The largest absolute Gasteiger partial charge is 0.462 e. The van der Waals surface area contributed by atoms with E-state index in [9.17, 15) is 4.79 Å². The molecule has 0 aromatic heterocycles. The van der Waals surface area contributed by atoms with E-state index >= 15 is 0 Å². The van der Waals surface area contributed by atoms with Crippen molar-refractivity contribution in [2.24, 2.45) is 0 Å². The molecule has 0 aromatic carbocycles. The van der Waals surface area contributed by atoms with E-state index in [-0.39, 0.29) is 25.3 Å². The maximum absolute atomic E-state index is 11.0. The van der Waals surface area contributed by atoms with Gasteiger partial charge in [-0.15, -0.1) is 0 Å². The maximum Gasteiger partial charge on any atom is 0.332 e. The van der Waals surface area contributed by atoms with E-state index in [1.807, 2.05) is 6.92 Å². The lowest BCUT2D eigenvalue weighted by molar-refractivity contribution is -0.155. The van der Waals surface area contributed by atoms with Gasteiger partial charge in [0.25, 0.3) is 0 Å². The Morgan fingerprint density at radius 2 is 1.86 bits per heavy atom. The molecule has 0 saturated carbocycles. The first-order chi connectivity index (χ1) is 6.79. The number of ether oxygens (including phenoxy) is 4. The summed E-state index contributed by atoms with van der Waals surface area (Å²) in [7, 11) is 0. The Kier molecular flexibility index (Phi) is 5.51. The van der Waals surface area contributed by atoms with Gasteiger partial charge in [0.1, 0.15) is 13.2 Å². The lowest BCUT2D eigenvalue weighted by Crippen LogP contribution is -2.25. The van der Waals surface area contributed by atoms with Crippen LogP contribution in [-0.4, -0.2) is 51.7 Å². The van der Waals surface area contributed by atoms with Gasteiger partial charge in [-0.25, -0.2) is 4.79 Å². The van der Waals surface area contributed by atoms with Gasteiger partial charge < -0.3 is 18.9 Å². The SMILES string of the molecule is C[C@H]1COCCOCCOC(=O)CO1. The van der Waals surface area contributed by atoms with Crippen LogP contribution in [0.3, 0.4) is 0 Å². The Balaban J connectivity index is 2.25. The van der Waals surface area contributed by atoms with Gasteiger partial charge in [0.05, 0.1) is 32.5 Å². The third-order valence-corrected chi connectivity index (χ3v) is 1.70. The molecule has 5 nitrogen and oxygen atoms in total. The van der Waals surface area contributed by atoms with Crippen molar-refractivity contribution in [3.05, 3.63) is 0 Å². The first-order valence-electron chi connectivity index (χ1n) is 4.72. The minimum atomic E-state index is -0.360. The highest BCUT2D eigenvalue weighted by molar-refractivity contribution is 5.70. The summed E-state index contributed by atoms with van der Waals surface area (Å²) in [6.07, 6.45) is -0.0954. The molecule has 0 spiro atoms. The van der Waals surface area contributed by atoms with Crippen molar-refractivity contribution in [2.45, 2.75) is 13.0 Å². The summed E-state index contributed by atoms with van der Waals surface area (Å²) in [6.45, 7) is 4.04. The van der Waals surface area contributed by atoms with E-state index in [1.165, 1.54) is 0 Å². The first-order valence-corrected chi connectivity index (χ1v) is 4.72. The Labute approximate surface area is 83.3 Å². The molecular weight excluding hydrogens is 188 g/mol. The molecule has 0 N–H and O–H groups in total. The lowest BCUT2D eigenvalue weighted by atomic mass is 10.4. The fourth-order valence-corrected chi connectivity index (χ4v) is 0.984. The number of hydrogen-bond donors (Lipinski definition) is 0. The smallest absolute Gasteiger partial charge is 0.332 e. The average molecular weight is 204 g/mol. The molecule has 1 aliphatic rings. The van der Waals surface area contributed by atoms with E-state index in [0.717, 1.165) is 0 Å². The number of esters is 1. The fraction of sp³-hybridized carbons (Fsp3) is 0.889. The molecule has 1 saturated heterocycles. The molecule has 1 rings (SSSR count). The highest BCUT2D eigenvalue weighted by Gasteiger charge is 2.08. The Morgan fingerprint density at radius 1 is 1.14 bits per heavy atom. The van der Waals surface area contributed by atoms with Crippen molar-refractivity contribution in [3.63, 3.8) is 0 Å². The van der Waals surface area contributed by atoms with Crippen LogP contribution in [0, 0.1) is 0 Å². The van der Waals surface area contributed by atoms with E-state index in [1.54, 1.807) is 0 Å². The van der Waals surface area contributed by atoms with Crippen molar-refractivity contribution >= 4 is 5.97 Å². The third kappa shape index (κ3) is 5.16. The summed E-state index contributed by atoms with van der Waals surface area (Å²) < 4.78 is 20.4. The zero-order chi connectivity index (χ0) is 10.2. The standard InChI is InChI=1S/C9H16O5/c1-8-6-12-3-2-11-4-5-13-9(10)7-14-8/h8H,2-7H2,1H3/t8-/m0/s1. The van der Waals surface area contributed by atoms with Gasteiger partial charge in [0.15, 0.2) is 0 Å². The average Bonchev–Trinajstić information content (AvgIpc) is 2.17. The van der Waals surface area contributed by atoms with Crippen molar-refractivity contribution in [2.75, 3.05) is 39.6 Å². The molecule has 1 fully saturated rings. The molecule has 82 valence electrons. The van der Waals surface area contributed by atoms with Crippen molar-refractivity contribution in [1.82, 2.24) is 0 Å². The predicted molar refractivity (Wildman–Crippen MR) is 48.0 cm³/mol. The van der Waals surface area contributed by atoms with Crippen LogP contribution >= 0.6 is 0 Å². The van der Waals surface area contributed by atoms with Crippen molar-refractivity contribution in [3.8, 4) is 0 Å². The molecule has 14 heavy (non-hydrogen) atoms. The number of carbonyl (C=O) groups excluding carboxylic acids is 1. The third-order valence-electron chi connectivity index (χ3n) is 1.70. The van der Waals surface area contributed by atoms with E-state index < -0.39 is 0 Å².